The van der Waals surface area contributed by atoms with Crippen LogP contribution in [0.5, 0.6) is 0 Å². The first-order valence-corrected chi connectivity index (χ1v) is 26.4. The van der Waals surface area contributed by atoms with Crippen LogP contribution in [0, 0.1) is 0 Å². The Balaban J connectivity index is 4.53. The molecule has 0 fully saturated rings. The number of nitrogens with zero attached hydrogens (tertiary/aromatic N) is 1. The molecule has 1 atom stereocenters. The summed E-state index contributed by atoms with van der Waals surface area (Å²) in [6.45, 7) is 7.34. The maximum atomic E-state index is 13.3. The Morgan fingerprint density at radius 2 is 0.655 bits per heavy atom. The van der Waals surface area contributed by atoms with Crippen LogP contribution < -0.4 is 0 Å². The second-order valence-corrected chi connectivity index (χ2v) is 19.4. The lowest BCUT2D eigenvalue weighted by molar-refractivity contribution is -0.887. The van der Waals surface area contributed by atoms with Crippen LogP contribution in [0.15, 0.2) is 0 Å². The predicted molar refractivity (Wildman–Crippen MR) is 254 cm³/mol. The van der Waals surface area contributed by atoms with Crippen molar-refractivity contribution in [2.75, 3.05) is 27.7 Å². The lowest BCUT2D eigenvalue weighted by Crippen LogP contribution is -2.50. The molecule has 0 bridgehead atoms. The van der Waals surface area contributed by atoms with Crippen LogP contribution in [0.2, 0.25) is 0 Å². The van der Waals surface area contributed by atoms with Crippen molar-refractivity contribution >= 4 is 11.9 Å². The third kappa shape index (κ3) is 40.3. The molecule has 5 nitrogen and oxygen atoms in total. The minimum Gasteiger partial charge on any atom is -0.462 e. The van der Waals surface area contributed by atoms with E-state index >= 15 is 0 Å². The van der Waals surface area contributed by atoms with Crippen LogP contribution in [0.3, 0.4) is 0 Å². The molecule has 0 spiro atoms. The Bertz CT molecular complexity index is 826. The molecule has 0 saturated carbocycles. The number of unbranched alkanes of at least 4 members (excludes halogenated alkanes) is 35. The number of carbonyl (C=O) groups excluding carboxylic acids is 2. The quantitative estimate of drug-likeness (QED) is 0.0349. The summed E-state index contributed by atoms with van der Waals surface area (Å²) < 4.78 is 12.4. The van der Waals surface area contributed by atoms with E-state index in [4.69, 9.17) is 9.47 Å². The Morgan fingerprint density at radius 3 is 0.948 bits per heavy atom. The van der Waals surface area contributed by atoms with Crippen molar-refractivity contribution in [2.24, 2.45) is 0 Å². The van der Waals surface area contributed by atoms with Crippen LogP contribution in [-0.4, -0.2) is 56.3 Å². The number of esters is 2. The molecule has 0 heterocycles. The zero-order valence-electron chi connectivity index (χ0n) is 40.6. The van der Waals surface area contributed by atoms with Crippen LogP contribution in [0.25, 0.3) is 0 Å². The zero-order valence-corrected chi connectivity index (χ0v) is 40.6. The van der Waals surface area contributed by atoms with Gasteiger partial charge in [-0.1, -0.05) is 245 Å². The molecule has 0 rings (SSSR count). The molecule has 0 aliphatic rings. The summed E-state index contributed by atoms with van der Waals surface area (Å²) in [6, 6.07) is -0.356. The summed E-state index contributed by atoms with van der Waals surface area (Å²) in [4.78, 5) is 26.5. The van der Waals surface area contributed by atoms with Gasteiger partial charge >= 0.3 is 11.9 Å². The van der Waals surface area contributed by atoms with E-state index in [1.165, 1.54) is 218 Å². The van der Waals surface area contributed by atoms with E-state index in [0.717, 1.165) is 38.5 Å². The summed E-state index contributed by atoms with van der Waals surface area (Å²) in [5, 5.41) is 0. The normalized spacial score (nSPS) is 12.4. The summed E-state index contributed by atoms with van der Waals surface area (Å²) in [6.07, 6.45) is 53.2. The highest BCUT2D eigenvalue weighted by molar-refractivity contribution is 5.76. The molecule has 58 heavy (non-hydrogen) atoms. The minimum absolute atomic E-state index is 0.00795. The first-order chi connectivity index (χ1) is 28.3. The van der Waals surface area contributed by atoms with Gasteiger partial charge in [-0.2, -0.15) is 0 Å². The monoisotopic (exact) mass is 821 g/mol. The molecule has 0 saturated heterocycles. The van der Waals surface area contributed by atoms with Gasteiger partial charge in [-0.25, -0.2) is 4.79 Å². The number of rotatable bonds is 47. The lowest BCUT2D eigenvalue weighted by atomic mass is 10.0. The van der Waals surface area contributed by atoms with Gasteiger partial charge < -0.3 is 14.0 Å². The van der Waals surface area contributed by atoms with Crippen molar-refractivity contribution in [3.8, 4) is 0 Å². The molecule has 0 radical (unpaired) electrons. The SMILES string of the molecule is CCCCCCCCCCCCCCCCOC(=O)C(CCC(=O)OC(CCCCCCCCCCCCCC)CCCCCCCCCCCCCC)[N+](C)(C)C. The van der Waals surface area contributed by atoms with Crippen LogP contribution in [0.1, 0.15) is 290 Å². The summed E-state index contributed by atoms with van der Waals surface area (Å²) in [7, 11) is 6.11. The Hall–Kier alpha value is -1.10. The third-order valence-electron chi connectivity index (χ3n) is 12.6. The van der Waals surface area contributed by atoms with Crippen molar-refractivity contribution in [1.82, 2.24) is 0 Å². The third-order valence-corrected chi connectivity index (χ3v) is 12.6. The number of hydrogen-bond donors (Lipinski definition) is 0. The molecule has 0 N–H and O–H groups in total. The standard InChI is InChI=1S/C53H106NO4/c1-7-10-13-16-19-22-25-28-29-32-35-38-41-44-49-57-53(56)51(54(4,5)6)47-48-52(55)58-50(45-42-39-36-33-30-26-23-20-17-14-11-8-2)46-43-40-37-34-31-27-24-21-18-15-12-9-3/h50-51H,7-49H2,1-6H3/q+1. The average molecular weight is 821 g/mol. The van der Waals surface area contributed by atoms with E-state index in [0.29, 0.717) is 17.5 Å². The highest BCUT2D eigenvalue weighted by atomic mass is 16.5. The number of ether oxygens (including phenoxy) is 2. The second-order valence-electron chi connectivity index (χ2n) is 19.4. The topological polar surface area (TPSA) is 52.6 Å². The molecule has 0 aliphatic carbocycles. The lowest BCUT2D eigenvalue weighted by Gasteiger charge is -2.32. The van der Waals surface area contributed by atoms with Gasteiger partial charge in [-0.15, -0.1) is 0 Å². The number of hydrogen-bond acceptors (Lipinski definition) is 4. The highest BCUT2D eigenvalue weighted by Crippen LogP contribution is 2.21. The summed E-state index contributed by atoms with van der Waals surface area (Å²) in [5.41, 5.74) is 0. The van der Waals surface area contributed by atoms with E-state index in [9.17, 15) is 9.59 Å². The summed E-state index contributed by atoms with van der Waals surface area (Å²) in [5.74, 6) is -0.305. The maximum Gasteiger partial charge on any atom is 0.364 e. The molecule has 0 aromatic carbocycles. The van der Waals surface area contributed by atoms with Gasteiger partial charge in [0.15, 0.2) is 6.04 Å². The number of quaternary nitrogens is 1. The van der Waals surface area contributed by atoms with E-state index < -0.39 is 0 Å². The molecule has 0 amide bonds. The minimum atomic E-state index is -0.356. The van der Waals surface area contributed by atoms with Gasteiger partial charge in [-0.3, -0.25) is 4.79 Å². The van der Waals surface area contributed by atoms with Gasteiger partial charge in [0.2, 0.25) is 0 Å². The molecule has 0 aromatic rings. The Labute approximate surface area is 364 Å². The molecular weight excluding hydrogens is 715 g/mol. The molecule has 0 aliphatic heterocycles. The Morgan fingerprint density at radius 1 is 0.379 bits per heavy atom. The van der Waals surface area contributed by atoms with Gasteiger partial charge in [0.25, 0.3) is 0 Å². The van der Waals surface area contributed by atoms with Crippen LogP contribution >= 0.6 is 0 Å². The Kier molecular flexibility index (Phi) is 43.1. The number of carbonyl (C=O) groups is 2. The van der Waals surface area contributed by atoms with Gasteiger partial charge in [0.1, 0.15) is 6.10 Å². The first-order valence-electron chi connectivity index (χ1n) is 26.4. The van der Waals surface area contributed by atoms with E-state index in [-0.39, 0.29) is 30.5 Å². The fraction of sp³-hybridized carbons (Fsp3) is 0.962. The fourth-order valence-electron chi connectivity index (χ4n) is 8.57. The largest absolute Gasteiger partial charge is 0.462 e. The number of likely N-dealkylation sites (N-methyl/N-ethyl adjacent to an activating group) is 1. The summed E-state index contributed by atoms with van der Waals surface area (Å²) >= 11 is 0. The van der Waals surface area contributed by atoms with Crippen LogP contribution in [-0.2, 0) is 19.1 Å². The van der Waals surface area contributed by atoms with E-state index in [2.05, 4.69) is 20.8 Å². The predicted octanol–water partition coefficient (Wildman–Crippen LogP) is 17.0. The first kappa shape index (κ1) is 56.9. The van der Waals surface area contributed by atoms with Crippen molar-refractivity contribution in [3.63, 3.8) is 0 Å². The second kappa shape index (κ2) is 44.0. The smallest absolute Gasteiger partial charge is 0.364 e. The van der Waals surface area contributed by atoms with Crippen molar-refractivity contribution in [1.29, 1.82) is 0 Å². The maximum absolute atomic E-state index is 13.3. The van der Waals surface area contributed by atoms with Gasteiger partial charge in [-0.05, 0) is 32.1 Å². The highest BCUT2D eigenvalue weighted by Gasteiger charge is 2.34. The average Bonchev–Trinajstić information content (AvgIpc) is 3.19. The zero-order chi connectivity index (χ0) is 42.6. The van der Waals surface area contributed by atoms with E-state index in [1.807, 2.05) is 21.1 Å². The molecule has 346 valence electrons. The molecule has 5 heteroatoms. The molecular formula is C53H106NO4+. The fourth-order valence-corrected chi connectivity index (χ4v) is 8.57. The van der Waals surface area contributed by atoms with Crippen LogP contribution in [0.4, 0.5) is 0 Å². The van der Waals surface area contributed by atoms with E-state index in [1.54, 1.807) is 0 Å². The van der Waals surface area contributed by atoms with Crippen molar-refractivity contribution in [2.45, 2.75) is 303 Å². The van der Waals surface area contributed by atoms with Crippen molar-refractivity contribution < 1.29 is 23.5 Å². The van der Waals surface area contributed by atoms with Gasteiger partial charge in [0.05, 0.1) is 34.2 Å². The molecule has 1 unspecified atom stereocenters. The van der Waals surface area contributed by atoms with Crippen molar-refractivity contribution in [3.05, 3.63) is 0 Å². The molecule has 0 aromatic heterocycles. The van der Waals surface area contributed by atoms with Gasteiger partial charge in [0, 0.05) is 6.42 Å².